The molecule has 2 aliphatic rings. The van der Waals surface area contributed by atoms with Crippen LogP contribution in [-0.2, 0) is 32.6 Å². The first-order chi connectivity index (χ1) is 15.8. The lowest BCUT2D eigenvalue weighted by atomic mass is 10.1. The number of sulfonamides is 1. The van der Waals surface area contributed by atoms with Crippen LogP contribution in [0.4, 0.5) is 5.69 Å². The first-order valence-corrected chi connectivity index (χ1v) is 12.7. The van der Waals surface area contributed by atoms with Gasteiger partial charge in [0.25, 0.3) is 0 Å². The largest absolute Gasteiger partial charge is 0.494 e. The van der Waals surface area contributed by atoms with E-state index < -0.39 is 16.1 Å². The van der Waals surface area contributed by atoms with E-state index in [9.17, 15) is 18.0 Å². The zero-order valence-corrected chi connectivity index (χ0v) is 19.7. The van der Waals surface area contributed by atoms with Crippen LogP contribution < -0.4 is 15.0 Å². The number of rotatable bonds is 7. The van der Waals surface area contributed by atoms with Gasteiger partial charge in [-0.25, -0.2) is 8.42 Å². The zero-order chi connectivity index (χ0) is 23.6. The first kappa shape index (κ1) is 23.3. The highest BCUT2D eigenvalue weighted by atomic mass is 32.2. The third kappa shape index (κ3) is 4.60. The van der Waals surface area contributed by atoms with Crippen molar-refractivity contribution in [2.45, 2.75) is 50.6 Å². The molecule has 0 aromatic heterocycles. The van der Waals surface area contributed by atoms with Crippen LogP contribution in [-0.4, -0.2) is 50.3 Å². The van der Waals surface area contributed by atoms with Gasteiger partial charge >= 0.3 is 0 Å². The van der Waals surface area contributed by atoms with Crippen LogP contribution in [0.1, 0.15) is 37.8 Å². The standard InChI is InChI=1S/C24H29N3O5S/c1-3-32-23-9-5-4-8-18(23)16-25-24(29)22-15-19-14-20(10-11-21(19)27(22)17(2)28)33(30,31)26-12-6-7-13-26/h4-5,8-11,14,22H,3,6-7,12-13,15-16H2,1-2H3,(H,25,29)/t22-/m1/s1. The van der Waals surface area contributed by atoms with E-state index in [-0.39, 0.29) is 29.7 Å². The molecular formula is C24H29N3O5S. The Labute approximate surface area is 194 Å². The molecule has 176 valence electrons. The van der Waals surface area contributed by atoms with Crippen molar-refractivity contribution in [2.75, 3.05) is 24.6 Å². The number of carbonyl (C=O) groups excluding carboxylic acids is 2. The molecule has 2 heterocycles. The number of ether oxygens (including phenoxy) is 1. The van der Waals surface area contributed by atoms with E-state index >= 15 is 0 Å². The van der Waals surface area contributed by atoms with Crippen LogP contribution in [0.25, 0.3) is 0 Å². The Morgan fingerprint density at radius 3 is 2.55 bits per heavy atom. The van der Waals surface area contributed by atoms with Crippen molar-refractivity contribution < 1.29 is 22.7 Å². The molecule has 0 radical (unpaired) electrons. The van der Waals surface area contributed by atoms with Crippen LogP contribution in [0.5, 0.6) is 5.75 Å². The van der Waals surface area contributed by atoms with Gasteiger partial charge in [0.15, 0.2) is 0 Å². The summed E-state index contributed by atoms with van der Waals surface area (Å²) >= 11 is 0. The van der Waals surface area contributed by atoms with Crippen molar-refractivity contribution >= 4 is 27.5 Å². The van der Waals surface area contributed by atoms with Crippen molar-refractivity contribution in [3.63, 3.8) is 0 Å². The maximum atomic E-state index is 13.1. The molecule has 8 nitrogen and oxygen atoms in total. The quantitative estimate of drug-likeness (QED) is 0.669. The molecule has 2 aromatic rings. The van der Waals surface area contributed by atoms with E-state index in [1.807, 2.05) is 31.2 Å². The van der Waals surface area contributed by atoms with E-state index in [1.54, 1.807) is 12.1 Å². The molecule has 2 amide bonds. The van der Waals surface area contributed by atoms with Crippen LogP contribution in [0.3, 0.4) is 0 Å². The summed E-state index contributed by atoms with van der Waals surface area (Å²) in [7, 11) is -3.58. The molecule has 33 heavy (non-hydrogen) atoms. The molecule has 9 heteroatoms. The third-order valence-corrected chi connectivity index (χ3v) is 8.00. The van der Waals surface area contributed by atoms with Crippen LogP contribution in [0.2, 0.25) is 0 Å². The second kappa shape index (κ2) is 9.52. The third-order valence-electron chi connectivity index (χ3n) is 6.11. The summed E-state index contributed by atoms with van der Waals surface area (Å²) in [6.45, 7) is 5.13. The van der Waals surface area contributed by atoms with Gasteiger partial charge in [0.2, 0.25) is 21.8 Å². The Bertz CT molecular complexity index is 1160. The van der Waals surface area contributed by atoms with Crippen LogP contribution >= 0.6 is 0 Å². The lowest BCUT2D eigenvalue weighted by molar-refractivity contribution is -0.125. The molecule has 1 atom stereocenters. The number of nitrogens with zero attached hydrogens (tertiary/aromatic N) is 2. The Morgan fingerprint density at radius 2 is 1.85 bits per heavy atom. The monoisotopic (exact) mass is 471 g/mol. The molecule has 2 aliphatic heterocycles. The van der Waals surface area contributed by atoms with E-state index in [0.29, 0.717) is 36.7 Å². The van der Waals surface area contributed by atoms with Gasteiger partial charge in [-0.15, -0.1) is 0 Å². The lowest BCUT2D eigenvalue weighted by Crippen LogP contribution is -2.47. The second-order valence-electron chi connectivity index (χ2n) is 8.27. The van der Waals surface area contributed by atoms with Crippen molar-refractivity contribution in [1.29, 1.82) is 0 Å². The van der Waals surface area contributed by atoms with E-state index in [4.69, 9.17) is 4.74 Å². The lowest BCUT2D eigenvalue weighted by Gasteiger charge is -2.24. The fourth-order valence-corrected chi connectivity index (χ4v) is 6.08. The molecular weight excluding hydrogens is 442 g/mol. The Kier molecular flexibility index (Phi) is 6.71. The van der Waals surface area contributed by atoms with E-state index in [0.717, 1.165) is 18.4 Å². The average molecular weight is 472 g/mol. The van der Waals surface area contributed by atoms with Gasteiger partial charge in [0.1, 0.15) is 11.8 Å². The van der Waals surface area contributed by atoms with Gasteiger partial charge in [0.05, 0.1) is 11.5 Å². The smallest absolute Gasteiger partial charge is 0.243 e. The highest BCUT2D eigenvalue weighted by Gasteiger charge is 2.38. The summed E-state index contributed by atoms with van der Waals surface area (Å²) in [5, 5.41) is 2.91. The number of amides is 2. The molecule has 1 N–H and O–H groups in total. The fourth-order valence-electron chi connectivity index (χ4n) is 4.51. The molecule has 0 bridgehead atoms. The number of anilines is 1. The Hall–Kier alpha value is -2.91. The highest BCUT2D eigenvalue weighted by Crippen LogP contribution is 2.35. The minimum absolute atomic E-state index is 0.207. The van der Waals surface area contributed by atoms with Gasteiger partial charge in [-0.2, -0.15) is 4.31 Å². The number of hydrogen-bond donors (Lipinski definition) is 1. The molecule has 0 saturated carbocycles. The minimum atomic E-state index is -3.58. The zero-order valence-electron chi connectivity index (χ0n) is 18.9. The second-order valence-corrected chi connectivity index (χ2v) is 10.2. The van der Waals surface area contributed by atoms with Gasteiger partial charge in [-0.05, 0) is 49.6 Å². The summed E-state index contributed by atoms with van der Waals surface area (Å²) in [6, 6.07) is 11.5. The van der Waals surface area contributed by atoms with Crippen molar-refractivity contribution in [3.8, 4) is 5.75 Å². The summed E-state index contributed by atoms with van der Waals surface area (Å²) in [5.74, 6) is 0.144. The topological polar surface area (TPSA) is 96.0 Å². The number of fused-ring (bicyclic) bond motifs is 1. The SMILES string of the molecule is CCOc1ccccc1CNC(=O)[C@H]1Cc2cc(S(=O)(=O)N3CCCC3)ccc2N1C(C)=O. The van der Waals surface area contributed by atoms with Gasteiger partial charge in [-0.3, -0.25) is 14.5 Å². The number of carbonyl (C=O) groups is 2. The predicted octanol–water partition coefficient (Wildman–Crippen LogP) is 2.46. The number of hydrogen-bond acceptors (Lipinski definition) is 5. The average Bonchev–Trinajstić information content (AvgIpc) is 3.46. The summed E-state index contributed by atoms with van der Waals surface area (Å²) < 4.78 is 33.0. The van der Waals surface area contributed by atoms with Gasteiger partial charge in [0, 0.05) is 44.2 Å². The summed E-state index contributed by atoms with van der Waals surface area (Å²) in [6.07, 6.45) is 1.98. The molecule has 1 saturated heterocycles. The minimum Gasteiger partial charge on any atom is -0.494 e. The molecule has 0 unspecified atom stereocenters. The van der Waals surface area contributed by atoms with Crippen molar-refractivity contribution in [2.24, 2.45) is 0 Å². The summed E-state index contributed by atoms with van der Waals surface area (Å²) in [4.78, 5) is 27.2. The van der Waals surface area contributed by atoms with Gasteiger partial charge in [-0.1, -0.05) is 18.2 Å². The molecule has 4 rings (SSSR count). The number of benzene rings is 2. The highest BCUT2D eigenvalue weighted by molar-refractivity contribution is 7.89. The normalized spacial score (nSPS) is 18.2. The summed E-state index contributed by atoms with van der Waals surface area (Å²) in [5.41, 5.74) is 2.11. The Morgan fingerprint density at radius 1 is 1.12 bits per heavy atom. The van der Waals surface area contributed by atoms with Gasteiger partial charge < -0.3 is 10.1 Å². The molecule has 1 fully saturated rings. The maximum Gasteiger partial charge on any atom is 0.243 e. The van der Waals surface area contributed by atoms with Crippen molar-refractivity contribution in [3.05, 3.63) is 53.6 Å². The number of nitrogens with one attached hydrogen (secondary N) is 1. The molecule has 0 aliphatic carbocycles. The number of para-hydroxylation sites is 1. The molecule has 0 spiro atoms. The van der Waals surface area contributed by atoms with Crippen LogP contribution in [0, 0.1) is 0 Å². The van der Waals surface area contributed by atoms with E-state index in [1.165, 1.54) is 22.2 Å². The van der Waals surface area contributed by atoms with Crippen molar-refractivity contribution in [1.82, 2.24) is 9.62 Å². The fraction of sp³-hybridized carbons (Fsp3) is 0.417. The predicted molar refractivity (Wildman–Crippen MR) is 125 cm³/mol. The Balaban J connectivity index is 1.54. The molecule has 2 aromatic carbocycles. The first-order valence-electron chi connectivity index (χ1n) is 11.2. The van der Waals surface area contributed by atoms with E-state index in [2.05, 4.69) is 5.32 Å². The van der Waals surface area contributed by atoms with Crippen LogP contribution in [0.15, 0.2) is 47.4 Å². The maximum absolute atomic E-state index is 13.1.